The molecule has 3 heterocycles. The normalized spacial score (nSPS) is 13.4. The van der Waals surface area contributed by atoms with Crippen LogP contribution in [0, 0.1) is 0 Å². The van der Waals surface area contributed by atoms with E-state index in [-0.39, 0.29) is 0 Å². The van der Waals surface area contributed by atoms with E-state index >= 15 is 0 Å². The van der Waals surface area contributed by atoms with Crippen molar-refractivity contribution in [3.63, 3.8) is 0 Å². The van der Waals surface area contributed by atoms with Crippen LogP contribution in [0.4, 0.5) is 5.13 Å². The van der Waals surface area contributed by atoms with Crippen molar-refractivity contribution in [1.29, 1.82) is 0 Å². The predicted molar refractivity (Wildman–Crippen MR) is 124 cm³/mol. The standard InChI is InChI=1S/C22H19N5OS2/c1-2-7-16(8-3-1)28-17-9-4-6-15(12-17)20-25-18(13-29-20)19-14-30-22(26-19)27-21-23-10-5-11-24-21/h1-4,6-9,12-14H,5,10-11H2,(H2,23,24,26,27). The van der Waals surface area contributed by atoms with Crippen molar-refractivity contribution in [2.24, 2.45) is 4.99 Å². The molecule has 0 bridgehead atoms. The van der Waals surface area contributed by atoms with Crippen molar-refractivity contribution in [3.05, 3.63) is 65.4 Å². The quantitative estimate of drug-likeness (QED) is 0.436. The summed E-state index contributed by atoms with van der Waals surface area (Å²) in [5.74, 6) is 2.39. The van der Waals surface area contributed by atoms with Gasteiger partial charge in [-0.2, -0.15) is 0 Å². The molecular formula is C22H19N5OS2. The molecule has 5 rings (SSSR count). The molecule has 4 aromatic rings. The Morgan fingerprint density at radius 2 is 1.73 bits per heavy atom. The number of rotatable bonds is 5. The van der Waals surface area contributed by atoms with Crippen LogP contribution in [-0.4, -0.2) is 29.0 Å². The molecule has 0 aliphatic carbocycles. The smallest absolute Gasteiger partial charge is 0.197 e. The predicted octanol–water partition coefficient (Wildman–Crippen LogP) is 5.49. The van der Waals surface area contributed by atoms with Crippen LogP contribution < -0.4 is 15.4 Å². The molecule has 6 nitrogen and oxygen atoms in total. The van der Waals surface area contributed by atoms with Gasteiger partial charge in [-0.05, 0) is 30.7 Å². The molecule has 0 saturated heterocycles. The van der Waals surface area contributed by atoms with Gasteiger partial charge in [0.2, 0.25) is 0 Å². The molecule has 30 heavy (non-hydrogen) atoms. The molecule has 150 valence electrons. The SMILES string of the molecule is c1ccc(Oc2cccc(-c3nc(-c4csc(NC5=NCCCN5)n4)cs3)c2)cc1. The van der Waals surface area contributed by atoms with Crippen molar-refractivity contribution < 1.29 is 4.74 Å². The number of thiazole rings is 2. The second-order valence-corrected chi connectivity index (χ2v) is 8.37. The Balaban J connectivity index is 1.32. The van der Waals surface area contributed by atoms with E-state index in [1.165, 1.54) is 0 Å². The first-order valence-corrected chi connectivity index (χ1v) is 11.4. The number of aromatic nitrogens is 2. The molecule has 0 fully saturated rings. The van der Waals surface area contributed by atoms with Crippen LogP contribution in [0.3, 0.4) is 0 Å². The fourth-order valence-corrected chi connectivity index (χ4v) is 4.52. The largest absolute Gasteiger partial charge is 0.457 e. The third kappa shape index (κ3) is 4.34. The van der Waals surface area contributed by atoms with E-state index in [4.69, 9.17) is 9.72 Å². The number of ether oxygens (including phenoxy) is 1. The first kappa shape index (κ1) is 18.8. The maximum Gasteiger partial charge on any atom is 0.197 e. The van der Waals surface area contributed by atoms with Crippen LogP contribution in [0.5, 0.6) is 11.5 Å². The van der Waals surface area contributed by atoms with Gasteiger partial charge in [0.1, 0.15) is 27.9 Å². The number of hydrogen-bond acceptors (Lipinski definition) is 8. The monoisotopic (exact) mass is 433 g/mol. The lowest BCUT2D eigenvalue weighted by Crippen LogP contribution is -2.35. The van der Waals surface area contributed by atoms with Gasteiger partial charge in [0.05, 0.1) is 0 Å². The van der Waals surface area contributed by atoms with Gasteiger partial charge in [0.25, 0.3) is 0 Å². The fraction of sp³-hybridized carbons (Fsp3) is 0.136. The van der Waals surface area contributed by atoms with Crippen molar-refractivity contribution in [1.82, 2.24) is 15.3 Å². The average Bonchev–Trinajstić information content (AvgIpc) is 3.45. The third-order valence-corrected chi connectivity index (χ3v) is 6.10. The zero-order valence-electron chi connectivity index (χ0n) is 16.0. The Morgan fingerprint density at radius 1 is 0.900 bits per heavy atom. The minimum Gasteiger partial charge on any atom is -0.457 e. The van der Waals surface area contributed by atoms with Crippen LogP contribution in [0.25, 0.3) is 22.0 Å². The lowest BCUT2D eigenvalue weighted by atomic mass is 10.2. The molecule has 1 aliphatic rings. The summed E-state index contributed by atoms with van der Waals surface area (Å²) in [6.45, 7) is 1.78. The maximum atomic E-state index is 5.95. The highest BCUT2D eigenvalue weighted by Crippen LogP contribution is 2.33. The van der Waals surface area contributed by atoms with E-state index in [2.05, 4.69) is 20.6 Å². The van der Waals surface area contributed by atoms with E-state index in [1.807, 2.05) is 65.4 Å². The molecule has 8 heteroatoms. The summed E-state index contributed by atoms with van der Waals surface area (Å²) >= 11 is 3.15. The van der Waals surface area contributed by atoms with E-state index in [1.54, 1.807) is 22.7 Å². The minimum absolute atomic E-state index is 0.788. The van der Waals surface area contributed by atoms with Crippen LogP contribution in [-0.2, 0) is 0 Å². The van der Waals surface area contributed by atoms with Crippen LogP contribution in [0.2, 0.25) is 0 Å². The summed E-state index contributed by atoms with van der Waals surface area (Å²) in [5, 5.41) is 12.3. The van der Waals surface area contributed by atoms with Gasteiger partial charge in [-0.1, -0.05) is 30.3 Å². The zero-order chi connectivity index (χ0) is 20.2. The number of nitrogens with one attached hydrogen (secondary N) is 2. The van der Waals surface area contributed by atoms with Crippen LogP contribution in [0.1, 0.15) is 6.42 Å². The first-order chi connectivity index (χ1) is 14.8. The lowest BCUT2D eigenvalue weighted by Gasteiger charge is -2.13. The highest BCUT2D eigenvalue weighted by molar-refractivity contribution is 7.14. The average molecular weight is 434 g/mol. The fourth-order valence-electron chi connectivity index (χ4n) is 3.01. The number of hydrogen-bond donors (Lipinski definition) is 2. The molecule has 2 N–H and O–H groups in total. The third-order valence-electron chi connectivity index (χ3n) is 4.45. The summed E-state index contributed by atoms with van der Waals surface area (Å²) in [7, 11) is 0. The molecule has 0 atom stereocenters. The number of nitrogens with zero attached hydrogens (tertiary/aromatic N) is 3. The molecule has 0 amide bonds. The van der Waals surface area contributed by atoms with Gasteiger partial charge >= 0.3 is 0 Å². The first-order valence-electron chi connectivity index (χ1n) is 9.64. The van der Waals surface area contributed by atoms with Crippen molar-refractivity contribution in [2.45, 2.75) is 6.42 Å². The number of aliphatic imine (C=N–C) groups is 1. The second-order valence-electron chi connectivity index (χ2n) is 6.65. The minimum atomic E-state index is 0.788. The summed E-state index contributed by atoms with van der Waals surface area (Å²) in [6, 6.07) is 17.8. The second kappa shape index (κ2) is 8.64. The Bertz CT molecular complexity index is 1170. The Morgan fingerprint density at radius 3 is 2.60 bits per heavy atom. The van der Waals surface area contributed by atoms with Gasteiger partial charge in [0, 0.05) is 29.4 Å². The maximum absolute atomic E-state index is 5.95. The van der Waals surface area contributed by atoms with E-state index in [0.29, 0.717) is 0 Å². The van der Waals surface area contributed by atoms with Gasteiger partial charge in [0.15, 0.2) is 11.1 Å². The molecule has 0 unspecified atom stereocenters. The van der Waals surface area contributed by atoms with E-state index < -0.39 is 0 Å². The molecule has 0 saturated carbocycles. The Labute approximate surface area is 182 Å². The Hall–Kier alpha value is -3.23. The molecule has 2 aromatic heterocycles. The summed E-state index contributed by atoms with van der Waals surface area (Å²) in [4.78, 5) is 13.9. The van der Waals surface area contributed by atoms with Crippen molar-refractivity contribution >= 4 is 33.8 Å². The zero-order valence-corrected chi connectivity index (χ0v) is 17.7. The van der Waals surface area contributed by atoms with Crippen LogP contribution >= 0.6 is 22.7 Å². The topological polar surface area (TPSA) is 71.4 Å². The molecule has 2 aromatic carbocycles. The van der Waals surface area contributed by atoms with E-state index in [9.17, 15) is 0 Å². The highest BCUT2D eigenvalue weighted by atomic mass is 32.1. The summed E-state index contributed by atoms with van der Waals surface area (Å²) in [6.07, 6.45) is 1.06. The lowest BCUT2D eigenvalue weighted by molar-refractivity contribution is 0.483. The van der Waals surface area contributed by atoms with Gasteiger partial charge < -0.3 is 15.4 Å². The van der Waals surface area contributed by atoms with Gasteiger partial charge in [-0.15, -0.1) is 22.7 Å². The van der Waals surface area contributed by atoms with Gasteiger partial charge in [-0.25, -0.2) is 9.97 Å². The number of para-hydroxylation sites is 1. The number of guanidine groups is 1. The molecular weight excluding hydrogens is 414 g/mol. The number of anilines is 1. The molecule has 0 radical (unpaired) electrons. The summed E-state index contributed by atoms with van der Waals surface area (Å²) in [5.41, 5.74) is 2.75. The van der Waals surface area contributed by atoms with E-state index in [0.717, 1.165) is 64.1 Å². The highest BCUT2D eigenvalue weighted by Gasteiger charge is 2.12. The molecule has 1 aliphatic heterocycles. The van der Waals surface area contributed by atoms with Gasteiger partial charge in [-0.3, -0.25) is 4.99 Å². The Kier molecular flexibility index (Phi) is 5.41. The van der Waals surface area contributed by atoms with Crippen LogP contribution in [0.15, 0.2) is 70.3 Å². The van der Waals surface area contributed by atoms with Crippen molar-refractivity contribution in [2.75, 3.05) is 18.4 Å². The number of benzene rings is 2. The summed E-state index contributed by atoms with van der Waals surface area (Å²) < 4.78 is 5.95. The van der Waals surface area contributed by atoms with Crippen molar-refractivity contribution in [3.8, 4) is 33.5 Å². The molecule has 0 spiro atoms.